The number of hydrogen-bond donors (Lipinski definition) is 3. The molecule has 1 aromatic carbocycles. The summed E-state index contributed by atoms with van der Waals surface area (Å²) in [6, 6.07) is 9.50. The number of aryl methyl sites for hydroxylation is 2. The van der Waals surface area contributed by atoms with Gasteiger partial charge in [0, 0.05) is 24.8 Å². The maximum Gasteiger partial charge on any atom is 0.408 e. The van der Waals surface area contributed by atoms with Crippen LogP contribution in [-0.4, -0.2) is 58.8 Å². The fourth-order valence-corrected chi connectivity index (χ4v) is 4.56. The Hall–Kier alpha value is -3.20. The standard InChI is InChI=1S/C27H35FN4O4/c28-21-7-3-5-19(17-21)18-36-27(35)31-24(26(33)34)13-16-32(23-11-12-23)15-2-1-8-22-10-9-20-6-4-14-29-25(20)30-22/h3,5,7,9-10,17,23-24H,1-2,4,6,8,11-16,18H2,(H,29,30)(H,31,35)(H,33,34)/t24-/m0/s1. The number of aliphatic carboxylic acids is 1. The number of benzene rings is 1. The van der Waals surface area contributed by atoms with Gasteiger partial charge in [-0.15, -0.1) is 0 Å². The monoisotopic (exact) mass is 498 g/mol. The summed E-state index contributed by atoms with van der Waals surface area (Å²) < 4.78 is 18.4. The Morgan fingerprint density at radius 3 is 2.86 bits per heavy atom. The van der Waals surface area contributed by atoms with E-state index >= 15 is 0 Å². The van der Waals surface area contributed by atoms with Crippen molar-refractivity contribution in [2.45, 2.75) is 70.1 Å². The van der Waals surface area contributed by atoms with Crippen LogP contribution in [0.2, 0.25) is 0 Å². The van der Waals surface area contributed by atoms with Gasteiger partial charge in [0.1, 0.15) is 24.3 Å². The number of carboxylic acids is 1. The van der Waals surface area contributed by atoms with Gasteiger partial charge in [0.2, 0.25) is 0 Å². The van der Waals surface area contributed by atoms with Crippen LogP contribution in [0.5, 0.6) is 0 Å². The van der Waals surface area contributed by atoms with Crippen LogP contribution in [-0.2, 0) is 29.0 Å². The number of fused-ring (bicyclic) bond motifs is 1. The number of carbonyl (C=O) groups is 2. The number of ether oxygens (including phenoxy) is 1. The molecule has 1 aliphatic carbocycles. The topological polar surface area (TPSA) is 104 Å². The maximum atomic E-state index is 13.3. The zero-order valence-corrected chi connectivity index (χ0v) is 20.5. The summed E-state index contributed by atoms with van der Waals surface area (Å²) in [6.45, 7) is 2.34. The Labute approximate surface area is 211 Å². The summed E-state index contributed by atoms with van der Waals surface area (Å²) in [7, 11) is 0. The number of carbonyl (C=O) groups excluding carboxylic acids is 1. The van der Waals surface area contributed by atoms with Crippen molar-refractivity contribution < 1.29 is 23.8 Å². The van der Waals surface area contributed by atoms with Gasteiger partial charge in [-0.3, -0.25) is 0 Å². The molecule has 0 spiro atoms. The minimum atomic E-state index is -1.10. The minimum absolute atomic E-state index is 0.126. The number of nitrogens with zero attached hydrogens (tertiary/aromatic N) is 2. The summed E-state index contributed by atoms with van der Waals surface area (Å²) in [4.78, 5) is 30.9. The number of unbranched alkanes of at least 4 members (excludes halogenated alkanes) is 1. The molecule has 0 bridgehead atoms. The molecule has 1 amide bonds. The van der Waals surface area contributed by atoms with Crippen molar-refractivity contribution in [3.05, 3.63) is 59.0 Å². The molecule has 3 N–H and O–H groups in total. The predicted octanol–water partition coefficient (Wildman–Crippen LogP) is 4.14. The molecule has 2 heterocycles. The van der Waals surface area contributed by atoms with E-state index < -0.39 is 23.9 Å². The number of amides is 1. The van der Waals surface area contributed by atoms with Crippen LogP contribution in [0, 0.1) is 5.82 Å². The molecule has 1 saturated carbocycles. The summed E-state index contributed by atoms with van der Waals surface area (Å²) in [5.74, 6) is -0.489. The molecule has 4 rings (SSSR count). The number of carboxylic acid groups (broad SMARTS) is 1. The van der Waals surface area contributed by atoms with E-state index in [1.807, 2.05) is 0 Å². The summed E-state index contributed by atoms with van der Waals surface area (Å²) in [5.41, 5.74) is 2.90. The van der Waals surface area contributed by atoms with Crippen LogP contribution < -0.4 is 10.6 Å². The van der Waals surface area contributed by atoms with Crippen molar-refractivity contribution >= 4 is 17.9 Å². The molecule has 194 valence electrons. The molecule has 1 aliphatic heterocycles. The van der Waals surface area contributed by atoms with Crippen molar-refractivity contribution in [2.75, 3.05) is 25.0 Å². The molecular formula is C27H35FN4O4. The van der Waals surface area contributed by atoms with E-state index in [1.54, 1.807) is 6.07 Å². The second-order valence-electron chi connectivity index (χ2n) is 9.59. The van der Waals surface area contributed by atoms with E-state index in [0.717, 1.165) is 69.5 Å². The van der Waals surface area contributed by atoms with E-state index in [2.05, 4.69) is 27.7 Å². The Morgan fingerprint density at radius 1 is 1.22 bits per heavy atom. The van der Waals surface area contributed by atoms with E-state index in [4.69, 9.17) is 9.72 Å². The third kappa shape index (κ3) is 7.91. The number of alkyl carbamates (subject to hydrolysis) is 1. The Kier molecular flexibility index (Phi) is 9.11. The van der Waals surface area contributed by atoms with Crippen LogP contribution in [0.15, 0.2) is 36.4 Å². The number of aromatic nitrogens is 1. The van der Waals surface area contributed by atoms with E-state index in [1.165, 1.54) is 23.8 Å². The third-order valence-electron chi connectivity index (χ3n) is 6.70. The normalized spacial score (nSPS) is 15.6. The average molecular weight is 499 g/mol. The number of anilines is 1. The van der Waals surface area contributed by atoms with Crippen LogP contribution in [0.25, 0.3) is 0 Å². The Bertz CT molecular complexity index is 1050. The summed E-state index contributed by atoms with van der Waals surface area (Å²) in [5, 5.41) is 15.4. The van der Waals surface area contributed by atoms with Gasteiger partial charge in [-0.05, 0) is 87.2 Å². The number of hydrogen-bond acceptors (Lipinski definition) is 6. The van der Waals surface area contributed by atoms with Crippen LogP contribution in [0.4, 0.5) is 15.0 Å². The Balaban J connectivity index is 1.19. The lowest BCUT2D eigenvalue weighted by molar-refractivity contribution is -0.139. The zero-order valence-electron chi connectivity index (χ0n) is 20.5. The molecule has 0 radical (unpaired) electrons. The highest BCUT2D eigenvalue weighted by Crippen LogP contribution is 2.27. The minimum Gasteiger partial charge on any atom is -0.480 e. The lowest BCUT2D eigenvalue weighted by Crippen LogP contribution is -2.43. The summed E-state index contributed by atoms with van der Waals surface area (Å²) >= 11 is 0. The molecule has 8 nitrogen and oxygen atoms in total. The smallest absolute Gasteiger partial charge is 0.408 e. The van der Waals surface area contributed by atoms with E-state index in [-0.39, 0.29) is 6.61 Å². The molecule has 2 aliphatic rings. The summed E-state index contributed by atoms with van der Waals surface area (Å²) in [6.07, 6.45) is 6.89. The van der Waals surface area contributed by atoms with Gasteiger partial charge >= 0.3 is 12.1 Å². The third-order valence-corrected chi connectivity index (χ3v) is 6.70. The molecule has 9 heteroatoms. The second-order valence-corrected chi connectivity index (χ2v) is 9.59. The first kappa shape index (κ1) is 25.9. The van der Waals surface area contributed by atoms with Gasteiger partial charge in [0.05, 0.1) is 0 Å². The van der Waals surface area contributed by atoms with Gasteiger partial charge in [0.15, 0.2) is 0 Å². The van der Waals surface area contributed by atoms with Gasteiger partial charge in [0.25, 0.3) is 0 Å². The fourth-order valence-electron chi connectivity index (χ4n) is 4.56. The first-order valence-corrected chi connectivity index (χ1v) is 12.8. The molecule has 1 aromatic heterocycles. The van der Waals surface area contributed by atoms with Gasteiger partial charge in [-0.1, -0.05) is 18.2 Å². The SMILES string of the molecule is O=C(N[C@@H](CCN(CCCCc1ccc2c(n1)NCCC2)C1CC1)C(=O)O)OCc1cccc(F)c1. The number of halogens is 1. The maximum absolute atomic E-state index is 13.3. The molecule has 0 saturated heterocycles. The number of rotatable bonds is 13. The van der Waals surface area contributed by atoms with Crippen molar-refractivity contribution in [3.8, 4) is 0 Å². The zero-order chi connectivity index (χ0) is 25.3. The highest BCUT2D eigenvalue weighted by atomic mass is 19.1. The van der Waals surface area contributed by atoms with Crippen molar-refractivity contribution in [1.29, 1.82) is 0 Å². The van der Waals surface area contributed by atoms with E-state index in [0.29, 0.717) is 24.6 Å². The van der Waals surface area contributed by atoms with Crippen LogP contribution in [0.1, 0.15) is 55.3 Å². The molecule has 1 atom stereocenters. The van der Waals surface area contributed by atoms with Gasteiger partial charge < -0.3 is 25.4 Å². The highest BCUT2D eigenvalue weighted by Gasteiger charge is 2.30. The largest absolute Gasteiger partial charge is 0.480 e. The first-order chi connectivity index (χ1) is 17.5. The van der Waals surface area contributed by atoms with Crippen LogP contribution >= 0.6 is 0 Å². The molecule has 36 heavy (non-hydrogen) atoms. The highest BCUT2D eigenvalue weighted by molar-refractivity contribution is 5.79. The van der Waals surface area contributed by atoms with Crippen molar-refractivity contribution in [3.63, 3.8) is 0 Å². The van der Waals surface area contributed by atoms with Crippen LogP contribution in [0.3, 0.4) is 0 Å². The van der Waals surface area contributed by atoms with Gasteiger partial charge in [-0.25, -0.2) is 19.0 Å². The lowest BCUT2D eigenvalue weighted by Gasteiger charge is -2.24. The van der Waals surface area contributed by atoms with Gasteiger partial charge in [-0.2, -0.15) is 0 Å². The number of nitrogens with one attached hydrogen (secondary N) is 2. The molecule has 0 unspecified atom stereocenters. The first-order valence-electron chi connectivity index (χ1n) is 12.8. The van der Waals surface area contributed by atoms with Crippen molar-refractivity contribution in [1.82, 2.24) is 15.2 Å². The van der Waals surface area contributed by atoms with E-state index in [9.17, 15) is 19.1 Å². The second kappa shape index (κ2) is 12.7. The molecule has 2 aromatic rings. The fraction of sp³-hybridized carbons (Fsp3) is 0.519. The van der Waals surface area contributed by atoms with Crippen molar-refractivity contribution in [2.24, 2.45) is 0 Å². The average Bonchev–Trinajstić information content (AvgIpc) is 3.71. The Morgan fingerprint density at radius 2 is 2.08 bits per heavy atom. The quantitative estimate of drug-likeness (QED) is 0.357. The lowest BCUT2D eigenvalue weighted by atomic mass is 10.1. The number of pyridine rings is 1. The predicted molar refractivity (Wildman–Crippen MR) is 134 cm³/mol. The molecular weight excluding hydrogens is 463 g/mol. The molecule has 1 fully saturated rings.